The van der Waals surface area contributed by atoms with Crippen molar-refractivity contribution in [2.24, 2.45) is 0 Å². The number of hydrogen-bond acceptors (Lipinski definition) is 5. The number of methoxy groups -OCH3 is 1. The number of piperidine rings is 1. The van der Waals surface area contributed by atoms with Crippen molar-refractivity contribution in [2.75, 3.05) is 13.7 Å². The first-order valence-corrected chi connectivity index (χ1v) is 9.50. The van der Waals surface area contributed by atoms with E-state index in [-0.39, 0.29) is 42.5 Å². The fraction of sp³-hybridized carbons (Fsp3) is 0.550. The Kier molecular flexibility index (Phi) is 4.76. The maximum atomic E-state index is 12.8. The van der Waals surface area contributed by atoms with Crippen LogP contribution in [0.15, 0.2) is 24.3 Å². The monoisotopic (exact) mass is 372 g/mol. The Morgan fingerprint density at radius 2 is 1.59 bits per heavy atom. The first kappa shape index (κ1) is 17.8. The molecule has 27 heavy (non-hydrogen) atoms. The highest BCUT2D eigenvalue weighted by atomic mass is 16.5. The Hall–Kier alpha value is -2.57. The van der Waals surface area contributed by atoms with E-state index >= 15 is 0 Å². The maximum Gasteiger partial charge on any atom is 0.261 e. The van der Waals surface area contributed by atoms with E-state index in [2.05, 4.69) is 0 Å². The number of ether oxygens (including phenoxy) is 2. The first-order valence-electron chi connectivity index (χ1n) is 9.50. The standard InChI is InChI=1S/C20H24N2O5/c1-26-16-4-2-3-5-17(16)27-12-20(25)21-13-6-7-14(21)11-15(10-13)22-18(23)8-9-19(22)24/h2-5,13-15H,6-12H2,1H3. The Labute approximate surface area is 158 Å². The molecule has 0 N–H and O–H groups in total. The minimum absolute atomic E-state index is 0.0420. The Balaban J connectivity index is 1.40. The summed E-state index contributed by atoms with van der Waals surface area (Å²) in [6.07, 6.45) is 3.82. The van der Waals surface area contributed by atoms with Gasteiger partial charge in [-0.1, -0.05) is 12.1 Å². The summed E-state index contributed by atoms with van der Waals surface area (Å²) in [5.41, 5.74) is 0. The molecular formula is C20H24N2O5. The van der Waals surface area contributed by atoms with Gasteiger partial charge in [-0.25, -0.2) is 0 Å². The van der Waals surface area contributed by atoms with E-state index in [9.17, 15) is 14.4 Å². The molecule has 3 heterocycles. The van der Waals surface area contributed by atoms with Crippen LogP contribution in [-0.4, -0.2) is 59.4 Å². The lowest BCUT2D eigenvalue weighted by Gasteiger charge is -2.41. The molecule has 0 spiro atoms. The molecule has 7 nitrogen and oxygen atoms in total. The van der Waals surface area contributed by atoms with Gasteiger partial charge in [0.25, 0.3) is 5.91 Å². The largest absolute Gasteiger partial charge is 0.493 e. The lowest BCUT2D eigenvalue weighted by Crippen LogP contribution is -2.54. The lowest BCUT2D eigenvalue weighted by molar-refractivity contribution is -0.145. The Morgan fingerprint density at radius 3 is 2.19 bits per heavy atom. The van der Waals surface area contributed by atoms with Gasteiger partial charge in [0.1, 0.15) is 0 Å². The number of imide groups is 1. The second-order valence-corrected chi connectivity index (χ2v) is 7.41. The zero-order chi connectivity index (χ0) is 19.0. The van der Waals surface area contributed by atoms with Crippen molar-refractivity contribution in [2.45, 2.75) is 56.7 Å². The third-order valence-electron chi connectivity index (χ3n) is 5.87. The topological polar surface area (TPSA) is 76.2 Å². The summed E-state index contributed by atoms with van der Waals surface area (Å²) in [5, 5.41) is 0. The van der Waals surface area contributed by atoms with Gasteiger partial charge >= 0.3 is 0 Å². The van der Waals surface area contributed by atoms with Crippen LogP contribution < -0.4 is 9.47 Å². The van der Waals surface area contributed by atoms with Crippen LogP contribution in [-0.2, 0) is 14.4 Å². The smallest absolute Gasteiger partial charge is 0.261 e. The van der Waals surface area contributed by atoms with E-state index in [0.29, 0.717) is 37.2 Å². The second-order valence-electron chi connectivity index (χ2n) is 7.41. The number of likely N-dealkylation sites (tertiary alicyclic amines) is 1. The SMILES string of the molecule is COc1ccccc1OCC(=O)N1C2CCC1CC(N1C(=O)CCC1=O)C2. The van der Waals surface area contributed by atoms with Gasteiger partial charge in [0.15, 0.2) is 18.1 Å². The van der Waals surface area contributed by atoms with Gasteiger partial charge in [-0.15, -0.1) is 0 Å². The molecule has 0 saturated carbocycles. The zero-order valence-corrected chi connectivity index (χ0v) is 15.4. The maximum absolute atomic E-state index is 12.8. The van der Waals surface area contributed by atoms with Crippen molar-refractivity contribution in [3.05, 3.63) is 24.3 Å². The average Bonchev–Trinajstić information content (AvgIpc) is 3.15. The third kappa shape index (κ3) is 3.26. The van der Waals surface area contributed by atoms with E-state index < -0.39 is 0 Å². The van der Waals surface area contributed by atoms with Crippen LogP contribution in [0.2, 0.25) is 0 Å². The van der Waals surface area contributed by atoms with Crippen LogP contribution in [0.1, 0.15) is 38.5 Å². The summed E-state index contributed by atoms with van der Waals surface area (Å²) in [6, 6.07) is 7.33. The van der Waals surface area contributed by atoms with Gasteiger partial charge in [0.2, 0.25) is 11.8 Å². The van der Waals surface area contributed by atoms with Crippen molar-refractivity contribution < 1.29 is 23.9 Å². The van der Waals surface area contributed by atoms with Gasteiger partial charge in [-0.05, 0) is 37.8 Å². The molecule has 2 atom stereocenters. The van der Waals surface area contributed by atoms with Crippen molar-refractivity contribution in [3.8, 4) is 11.5 Å². The number of amides is 3. The molecule has 3 fully saturated rings. The molecular weight excluding hydrogens is 348 g/mol. The van der Waals surface area contributed by atoms with E-state index in [0.717, 1.165) is 12.8 Å². The first-order chi connectivity index (χ1) is 13.1. The number of para-hydroxylation sites is 2. The molecule has 2 unspecified atom stereocenters. The highest BCUT2D eigenvalue weighted by Gasteiger charge is 2.47. The van der Waals surface area contributed by atoms with Crippen molar-refractivity contribution in [1.29, 1.82) is 0 Å². The molecule has 2 bridgehead atoms. The normalized spacial score (nSPS) is 27.2. The van der Waals surface area contributed by atoms with Crippen LogP contribution in [0, 0.1) is 0 Å². The fourth-order valence-corrected chi connectivity index (χ4v) is 4.72. The van der Waals surface area contributed by atoms with Gasteiger partial charge in [-0.3, -0.25) is 19.3 Å². The molecule has 0 aliphatic carbocycles. The highest BCUT2D eigenvalue weighted by Crippen LogP contribution is 2.39. The van der Waals surface area contributed by atoms with E-state index in [1.807, 2.05) is 17.0 Å². The third-order valence-corrected chi connectivity index (χ3v) is 5.87. The zero-order valence-electron chi connectivity index (χ0n) is 15.4. The minimum Gasteiger partial charge on any atom is -0.493 e. The van der Waals surface area contributed by atoms with Crippen molar-refractivity contribution in [3.63, 3.8) is 0 Å². The van der Waals surface area contributed by atoms with Crippen LogP contribution in [0.4, 0.5) is 0 Å². The molecule has 1 aromatic carbocycles. The van der Waals surface area contributed by atoms with Crippen LogP contribution >= 0.6 is 0 Å². The predicted octanol–water partition coefficient (Wildman–Crippen LogP) is 1.74. The molecule has 3 aliphatic rings. The molecule has 3 saturated heterocycles. The van der Waals surface area contributed by atoms with Gasteiger partial charge < -0.3 is 14.4 Å². The Morgan fingerprint density at radius 1 is 1.00 bits per heavy atom. The van der Waals surface area contributed by atoms with Gasteiger partial charge in [0.05, 0.1) is 7.11 Å². The predicted molar refractivity (Wildman–Crippen MR) is 96.3 cm³/mol. The number of benzene rings is 1. The second kappa shape index (κ2) is 7.21. The van der Waals surface area contributed by atoms with Crippen LogP contribution in [0.25, 0.3) is 0 Å². The average molecular weight is 372 g/mol. The van der Waals surface area contributed by atoms with Gasteiger partial charge in [0, 0.05) is 31.0 Å². The van der Waals surface area contributed by atoms with Crippen LogP contribution in [0.3, 0.4) is 0 Å². The van der Waals surface area contributed by atoms with Gasteiger partial charge in [-0.2, -0.15) is 0 Å². The van der Waals surface area contributed by atoms with Crippen molar-refractivity contribution >= 4 is 17.7 Å². The summed E-state index contributed by atoms with van der Waals surface area (Å²) in [7, 11) is 1.57. The molecule has 7 heteroatoms. The Bertz CT molecular complexity index is 734. The lowest BCUT2D eigenvalue weighted by atomic mass is 9.96. The van der Waals surface area contributed by atoms with E-state index in [1.54, 1.807) is 19.2 Å². The van der Waals surface area contributed by atoms with Crippen LogP contribution in [0.5, 0.6) is 11.5 Å². The molecule has 3 aliphatic heterocycles. The molecule has 0 aromatic heterocycles. The summed E-state index contributed by atoms with van der Waals surface area (Å²) in [4.78, 5) is 40.3. The molecule has 144 valence electrons. The number of carbonyl (C=O) groups excluding carboxylic acids is 3. The quantitative estimate of drug-likeness (QED) is 0.736. The molecule has 0 radical (unpaired) electrons. The van der Waals surface area contributed by atoms with Crippen molar-refractivity contribution in [1.82, 2.24) is 9.80 Å². The highest BCUT2D eigenvalue weighted by molar-refractivity contribution is 6.02. The summed E-state index contributed by atoms with van der Waals surface area (Å²) in [5.74, 6) is 0.958. The molecule has 4 rings (SSSR count). The summed E-state index contributed by atoms with van der Waals surface area (Å²) < 4.78 is 10.9. The summed E-state index contributed by atoms with van der Waals surface area (Å²) in [6.45, 7) is -0.0420. The number of fused-ring (bicyclic) bond motifs is 2. The number of hydrogen-bond donors (Lipinski definition) is 0. The van der Waals surface area contributed by atoms with E-state index in [4.69, 9.17) is 9.47 Å². The molecule has 3 amide bonds. The van der Waals surface area contributed by atoms with E-state index in [1.165, 1.54) is 4.90 Å². The fourth-order valence-electron chi connectivity index (χ4n) is 4.72. The summed E-state index contributed by atoms with van der Waals surface area (Å²) >= 11 is 0. The minimum atomic E-state index is -0.0660. The number of rotatable bonds is 5. The number of carbonyl (C=O) groups is 3. The number of nitrogens with zero attached hydrogens (tertiary/aromatic N) is 2. The molecule has 1 aromatic rings.